The van der Waals surface area contributed by atoms with Gasteiger partial charge in [-0.3, -0.25) is 4.79 Å². The summed E-state index contributed by atoms with van der Waals surface area (Å²) < 4.78 is 7.31. The Morgan fingerprint density at radius 1 is 1.08 bits per heavy atom. The average molecular weight is 365 g/mol. The Morgan fingerprint density at radius 3 is 2.62 bits per heavy atom. The molecule has 0 aliphatic carbocycles. The molecule has 1 aliphatic rings. The second-order valence-electron chi connectivity index (χ2n) is 7.00. The van der Waals surface area contributed by atoms with Gasteiger partial charge in [-0.25, -0.2) is 0 Å². The highest BCUT2D eigenvalue weighted by Crippen LogP contribution is 2.28. The zero-order chi connectivity index (χ0) is 18.1. The second-order valence-corrected chi connectivity index (χ2v) is 7.91. The summed E-state index contributed by atoms with van der Waals surface area (Å²) in [5.41, 5.74) is 3.36. The van der Waals surface area contributed by atoms with Crippen LogP contribution in [0.3, 0.4) is 0 Å². The Bertz CT molecular complexity index is 938. The van der Waals surface area contributed by atoms with E-state index >= 15 is 0 Å². The zero-order valence-corrected chi connectivity index (χ0v) is 16.0. The highest BCUT2D eigenvalue weighted by molar-refractivity contribution is 7.17. The molecule has 4 heteroatoms. The van der Waals surface area contributed by atoms with Gasteiger partial charge in [0.15, 0.2) is 0 Å². The van der Waals surface area contributed by atoms with Gasteiger partial charge in [0, 0.05) is 41.4 Å². The number of thiophene rings is 1. The van der Waals surface area contributed by atoms with Gasteiger partial charge in [0.25, 0.3) is 5.91 Å². The molecule has 1 fully saturated rings. The van der Waals surface area contributed by atoms with E-state index in [2.05, 4.69) is 32.0 Å². The Hall–Kier alpha value is -2.33. The summed E-state index contributed by atoms with van der Waals surface area (Å²) in [6.07, 6.45) is 1.93. The Balaban J connectivity index is 1.40. The lowest BCUT2D eigenvalue weighted by molar-refractivity contribution is 0.0598. The Morgan fingerprint density at radius 2 is 1.85 bits per heavy atom. The monoisotopic (exact) mass is 365 g/mol. The first-order valence-corrected chi connectivity index (χ1v) is 9.99. The van der Waals surface area contributed by atoms with Gasteiger partial charge in [0.05, 0.1) is 5.56 Å². The number of carbonyl (C=O) groups is 1. The number of nitrogens with zero attached hydrogens (tertiary/aromatic N) is 1. The summed E-state index contributed by atoms with van der Waals surface area (Å²) in [4.78, 5) is 14.9. The molecule has 3 aromatic rings. The lowest BCUT2D eigenvalue weighted by Gasteiger charge is -2.32. The highest BCUT2D eigenvalue weighted by atomic mass is 32.1. The number of ether oxygens (including phenoxy) is 1. The van der Waals surface area contributed by atoms with Crippen molar-refractivity contribution < 1.29 is 9.53 Å². The minimum atomic E-state index is 0.145. The highest BCUT2D eigenvalue weighted by Gasteiger charge is 2.26. The molecule has 134 valence electrons. The topological polar surface area (TPSA) is 29.5 Å². The van der Waals surface area contributed by atoms with E-state index in [4.69, 9.17) is 4.74 Å². The van der Waals surface area contributed by atoms with E-state index in [1.54, 1.807) is 11.3 Å². The van der Waals surface area contributed by atoms with Crippen LogP contribution in [0.1, 0.15) is 34.3 Å². The predicted octanol–water partition coefficient (Wildman–Crippen LogP) is 5.20. The molecule has 0 saturated carbocycles. The van der Waals surface area contributed by atoms with Crippen LogP contribution in [0.15, 0.2) is 47.8 Å². The van der Waals surface area contributed by atoms with Crippen molar-refractivity contribution in [1.29, 1.82) is 0 Å². The molecule has 1 saturated heterocycles. The number of amides is 1. The van der Waals surface area contributed by atoms with Crippen molar-refractivity contribution >= 4 is 27.3 Å². The van der Waals surface area contributed by atoms with Gasteiger partial charge in [-0.2, -0.15) is 0 Å². The number of benzene rings is 2. The van der Waals surface area contributed by atoms with E-state index in [0.717, 1.165) is 42.6 Å². The second kappa shape index (κ2) is 7.12. The molecule has 3 nitrogen and oxygen atoms in total. The SMILES string of the molecule is Cc1ccc(OC2CCN(C(=O)c3csc4ccccc34)CC2)cc1C. The lowest BCUT2D eigenvalue weighted by Crippen LogP contribution is -2.41. The summed E-state index contributed by atoms with van der Waals surface area (Å²) in [7, 11) is 0. The molecule has 4 rings (SSSR count). The van der Waals surface area contributed by atoms with E-state index in [1.807, 2.05) is 34.5 Å². The number of piperidine rings is 1. The molecule has 0 atom stereocenters. The molecular weight excluding hydrogens is 342 g/mol. The first kappa shape index (κ1) is 17.1. The van der Waals surface area contributed by atoms with Crippen LogP contribution in [0, 0.1) is 13.8 Å². The van der Waals surface area contributed by atoms with Gasteiger partial charge in [0.2, 0.25) is 0 Å². The summed E-state index contributed by atoms with van der Waals surface area (Å²) >= 11 is 1.64. The molecule has 2 heterocycles. The third-order valence-electron chi connectivity index (χ3n) is 5.22. The van der Waals surface area contributed by atoms with Crippen LogP contribution in [0.2, 0.25) is 0 Å². The van der Waals surface area contributed by atoms with E-state index in [0.29, 0.717) is 0 Å². The summed E-state index contributed by atoms with van der Waals surface area (Å²) in [6, 6.07) is 14.4. The van der Waals surface area contributed by atoms with Crippen LogP contribution in [-0.4, -0.2) is 30.0 Å². The average Bonchev–Trinajstić information content (AvgIpc) is 3.09. The van der Waals surface area contributed by atoms with Gasteiger partial charge in [-0.05, 0) is 43.2 Å². The number of hydrogen-bond acceptors (Lipinski definition) is 3. The van der Waals surface area contributed by atoms with Crippen molar-refractivity contribution in [3.05, 3.63) is 64.5 Å². The standard InChI is InChI=1S/C22H23NO2S/c1-15-7-8-18(13-16(15)2)25-17-9-11-23(12-10-17)22(24)20-14-26-21-6-4-3-5-19(20)21/h3-8,13-14,17H,9-12H2,1-2H3. The van der Waals surface area contributed by atoms with E-state index < -0.39 is 0 Å². The normalized spacial score (nSPS) is 15.4. The van der Waals surface area contributed by atoms with Crippen LogP contribution in [0.5, 0.6) is 5.75 Å². The third-order valence-corrected chi connectivity index (χ3v) is 6.19. The Labute approximate surface area is 158 Å². The Kier molecular flexibility index (Phi) is 4.68. The maximum atomic E-state index is 12.9. The smallest absolute Gasteiger partial charge is 0.255 e. The molecule has 26 heavy (non-hydrogen) atoms. The molecule has 0 radical (unpaired) electrons. The van der Waals surface area contributed by atoms with Gasteiger partial charge in [-0.15, -0.1) is 11.3 Å². The molecule has 2 aromatic carbocycles. The van der Waals surface area contributed by atoms with Crippen LogP contribution in [0.25, 0.3) is 10.1 Å². The fourth-order valence-electron chi connectivity index (χ4n) is 3.47. The molecule has 0 spiro atoms. The van der Waals surface area contributed by atoms with E-state index in [1.165, 1.54) is 15.8 Å². The summed E-state index contributed by atoms with van der Waals surface area (Å²) in [5, 5.41) is 3.06. The minimum absolute atomic E-state index is 0.145. The van der Waals surface area contributed by atoms with Crippen molar-refractivity contribution in [2.75, 3.05) is 13.1 Å². The number of aryl methyl sites for hydroxylation is 2. The van der Waals surface area contributed by atoms with Crippen molar-refractivity contribution in [2.45, 2.75) is 32.8 Å². The number of carbonyl (C=O) groups excluding carboxylic acids is 1. The number of fused-ring (bicyclic) bond motifs is 1. The minimum Gasteiger partial charge on any atom is -0.490 e. The maximum Gasteiger partial charge on any atom is 0.255 e. The van der Waals surface area contributed by atoms with Crippen molar-refractivity contribution in [3.8, 4) is 5.75 Å². The molecule has 0 unspecified atom stereocenters. The molecular formula is C22H23NO2S. The van der Waals surface area contributed by atoms with Crippen LogP contribution < -0.4 is 4.74 Å². The van der Waals surface area contributed by atoms with Crippen LogP contribution in [0.4, 0.5) is 0 Å². The van der Waals surface area contributed by atoms with Gasteiger partial charge < -0.3 is 9.64 Å². The predicted molar refractivity (Wildman–Crippen MR) is 107 cm³/mol. The maximum absolute atomic E-state index is 12.9. The number of hydrogen-bond donors (Lipinski definition) is 0. The summed E-state index contributed by atoms with van der Waals surface area (Å²) in [6.45, 7) is 5.71. The number of rotatable bonds is 3. The fraction of sp³-hybridized carbons (Fsp3) is 0.318. The van der Waals surface area contributed by atoms with Crippen LogP contribution >= 0.6 is 11.3 Å². The van der Waals surface area contributed by atoms with Crippen LogP contribution in [-0.2, 0) is 0 Å². The lowest BCUT2D eigenvalue weighted by atomic mass is 10.1. The van der Waals surface area contributed by atoms with E-state index in [9.17, 15) is 4.79 Å². The van der Waals surface area contributed by atoms with E-state index in [-0.39, 0.29) is 12.0 Å². The van der Waals surface area contributed by atoms with Gasteiger partial charge in [-0.1, -0.05) is 24.3 Å². The quantitative estimate of drug-likeness (QED) is 0.638. The zero-order valence-electron chi connectivity index (χ0n) is 15.2. The fourth-order valence-corrected chi connectivity index (χ4v) is 4.40. The first-order valence-electron chi connectivity index (χ1n) is 9.11. The molecule has 1 amide bonds. The van der Waals surface area contributed by atoms with Gasteiger partial charge in [0.1, 0.15) is 11.9 Å². The van der Waals surface area contributed by atoms with Gasteiger partial charge >= 0.3 is 0 Å². The van der Waals surface area contributed by atoms with Crippen molar-refractivity contribution in [3.63, 3.8) is 0 Å². The molecule has 0 bridgehead atoms. The molecule has 0 N–H and O–H groups in total. The number of likely N-dealkylation sites (tertiary alicyclic amines) is 1. The summed E-state index contributed by atoms with van der Waals surface area (Å²) in [5.74, 6) is 1.08. The first-order chi connectivity index (χ1) is 12.6. The van der Waals surface area contributed by atoms with Crippen molar-refractivity contribution in [2.24, 2.45) is 0 Å². The van der Waals surface area contributed by atoms with Crippen molar-refractivity contribution in [1.82, 2.24) is 4.90 Å². The molecule has 1 aromatic heterocycles. The largest absolute Gasteiger partial charge is 0.490 e. The third kappa shape index (κ3) is 3.34. The molecule has 1 aliphatic heterocycles.